The fourth-order valence-corrected chi connectivity index (χ4v) is 3.42. The van der Waals surface area contributed by atoms with E-state index in [9.17, 15) is 4.79 Å². The smallest absolute Gasteiger partial charge is 0.135 e. The quantitative estimate of drug-likeness (QED) is 0.376. The number of hydrogen-bond acceptors (Lipinski definition) is 1. The molecule has 0 saturated heterocycles. The SMILES string of the molecule is CCCCCCCCCCCCC(=O)C1CCCCC1. The Balaban J connectivity index is 1.83. The number of carbonyl (C=O) groups excluding carboxylic acids is 1. The van der Waals surface area contributed by atoms with Gasteiger partial charge in [0.15, 0.2) is 0 Å². The molecule has 0 bridgehead atoms. The summed E-state index contributed by atoms with van der Waals surface area (Å²) in [6.07, 6.45) is 20.7. The first-order valence-electron chi connectivity index (χ1n) is 9.37. The molecule has 1 rings (SSSR count). The Bertz CT molecular complexity index is 228. The van der Waals surface area contributed by atoms with E-state index in [1.807, 2.05) is 0 Å². The molecule has 0 radical (unpaired) electrons. The lowest BCUT2D eigenvalue weighted by Gasteiger charge is -2.20. The molecule has 0 aromatic carbocycles. The van der Waals surface area contributed by atoms with Gasteiger partial charge in [-0.05, 0) is 19.3 Å². The van der Waals surface area contributed by atoms with Gasteiger partial charge in [-0.2, -0.15) is 0 Å². The molecule has 1 nitrogen and oxygen atoms in total. The normalized spacial score (nSPS) is 16.4. The molecule has 0 heterocycles. The van der Waals surface area contributed by atoms with Crippen LogP contribution in [-0.4, -0.2) is 5.78 Å². The van der Waals surface area contributed by atoms with Gasteiger partial charge in [0, 0.05) is 12.3 Å². The molecular weight excluding hydrogens is 244 g/mol. The van der Waals surface area contributed by atoms with Gasteiger partial charge in [0.05, 0.1) is 0 Å². The van der Waals surface area contributed by atoms with Crippen LogP contribution in [-0.2, 0) is 4.79 Å². The second-order valence-corrected chi connectivity index (χ2v) is 6.73. The fraction of sp³-hybridized carbons (Fsp3) is 0.947. The van der Waals surface area contributed by atoms with Crippen LogP contribution in [0.15, 0.2) is 0 Å². The van der Waals surface area contributed by atoms with Crippen LogP contribution in [0.25, 0.3) is 0 Å². The fourth-order valence-electron chi connectivity index (χ4n) is 3.42. The molecule has 0 unspecified atom stereocenters. The molecule has 1 heteroatoms. The Hall–Kier alpha value is -0.330. The summed E-state index contributed by atoms with van der Waals surface area (Å²) in [5.74, 6) is 1.01. The summed E-state index contributed by atoms with van der Waals surface area (Å²) < 4.78 is 0. The summed E-state index contributed by atoms with van der Waals surface area (Å²) in [4.78, 5) is 12.0. The molecule has 1 fully saturated rings. The van der Waals surface area contributed by atoms with Crippen molar-refractivity contribution in [3.05, 3.63) is 0 Å². The van der Waals surface area contributed by atoms with Crippen molar-refractivity contribution in [2.24, 2.45) is 5.92 Å². The van der Waals surface area contributed by atoms with E-state index in [-0.39, 0.29) is 0 Å². The Morgan fingerprint density at radius 2 is 1.25 bits per heavy atom. The van der Waals surface area contributed by atoms with Gasteiger partial charge < -0.3 is 0 Å². The maximum atomic E-state index is 12.0. The predicted octanol–water partition coefficient (Wildman–Crippen LogP) is 6.45. The zero-order valence-electron chi connectivity index (χ0n) is 13.8. The highest BCUT2D eigenvalue weighted by Gasteiger charge is 2.19. The minimum absolute atomic E-state index is 0.433. The second kappa shape index (κ2) is 12.4. The molecule has 118 valence electrons. The third-order valence-corrected chi connectivity index (χ3v) is 4.84. The summed E-state index contributed by atoms with van der Waals surface area (Å²) in [7, 11) is 0. The number of ketones is 1. The van der Waals surface area contributed by atoms with Gasteiger partial charge in [0.1, 0.15) is 5.78 Å². The van der Waals surface area contributed by atoms with Crippen LogP contribution in [0.1, 0.15) is 110 Å². The van der Waals surface area contributed by atoms with Crippen molar-refractivity contribution in [3.63, 3.8) is 0 Å². The van der Waals surface area contributed by atoms with Gasteiger partial charge in [0.25, 0.3) is 0 Å². The molecule has 1 aliphatic carbocycles. The van der Waals surface area contributed by atoms with Gasteiger partial charge in [0.2, 0.25) is 0 Å². The van der Waals surface area contributed by atoms with E-state index in [1.165, 1.54) is 89.9 Å². The zero-order chi connectivity index (χ0) is 14.5. The summed E-state index contributed by atoms with van der Waals surface area (Å²) in [6, 6.07) is 0. The molecule has 0 aromatic rings. The van der Waals surface area contributed by atoms with E-state index in [4.69, 9.17) is 0 Å². The lowest BCUT2D eigenvalue weighted by atomic mass is 9.84. The lowest BCUT2D eigenvalue weighted by molar-refractivity contribution is -0.123. The van der Waals surface area contributed by atoms with E-state index < -0.39 is 0 Å². The number of carbonyl (C=O) groups is 1. The third kappa shape index (κ3) is 8.76. The van der Waals surface area contributed by atoms with E-state index in [0.717, 1.165) is 12.8 Å². The molecule has 0 aromatic heterocycles. The Labute approximate surface area is 126 Å². The van der Waals surface area contributed by atoms with Crippen molar-refractivity contribution in [3.8, 4) is 0 Å². The largest absolute Gasteiger partial charge is 0.299 e. The van der Waals surface area contributed by atoms with Gasteiger partial charge in [-0.1, -0.05) is 84.0 Å². The maximum absolute atomic E-state index is 12.0. The predicted molar refractivity (Wildman–Crippen MR) is 88.0 cm³/mol. The molecule has 20 heavy (non-hydrogen) atoms. The molecule has 0 amide bonds. The van der Waals surface area contributed by atoms with Crippen molar-refractivity contribution >= 4 is 5.78 Å². The highest BCUT2D eigenvalue weighted by molar-refractivity contribution is 5.80. The van der Waals surface area contributed by atoms with Crippen molar-refractivity contribution in [1.29, 1.82) is 0 Å². The van der Waals surface area contributed by atoms with Crippen LogP contribution >= 0.6 is 0 Å². The van der Waals surface area contributed by atoms with E-state index in [1.54, 1.807) is 0 Å². The first kappa shape index (κ1) is 17.7. The van der Waals surface area contributed by atoms with E-state index >= 15 is 0 Å². The highest BCUT2D eigenvalue weighted by Crippen LogP contribution is 2.26. The molecular formula is C19H36O. The van der Waals surface area contributed by atoms with E-state index in [2.05, 4.69) is 6.92 Å². The Morgan fingerprint density at radius 1 is 0.750 bits per heavy atom. The molecule has 0 aliphatic heterocycles. The second-order valence-electron chi connectivity index (χ2n) is 6.73. The van der Waals surface area contributed by atoms with Crippen LogP contribution in [0, 0.1) is 5.92 Å². The molecule has 0 spiro atoms. The van der Waals surface area contributed by atoms with Crippen molar-refractivity contribution < 1.29 is 4.79 Å². The molecule has 0 atom stereocenters. The summed E-state index contributed by atoms with van der Waals surface area (Å²) in [5.41, 5.74) is 0. The number of Topliss-reactive ketones (excluding diaryl/α,β-unsaturated/α-hetero) is 1. The number of unbranched alkanes of at least 4 members (excludes halogenated alkanes) is 9. The van der Waals surface area contributed by atoms with Crippen molar-refractivity contribution in [1.82, 2.24) is 0 Å². The topological polar surface area (TPSA) is 17.1 Å². The highest BCUT2D eigenvalue weighted by atomic mass is 16.1. The van der Waals surface area contributed by atoms with Gasteiger partial charge in [-0.15, -0.1) is 0 Å². The van der Waals surface area contributed by atoms with Crippen LogP contribution in [0.4, 0.5) is 0 Å². The summed E-state index contributed by atoms with van der Waals surface area (Å²) in [6.45, 7) is 2.27. The third-order valence-electron chi connectivity index (χ3n) is 4.84. The lowest BCUT2D eigenvalue weighted by Crippen LogP contribution is -2.17. The van der Waals surface area contributed by atoms with Crippen LogP contribution < -0.4 is 0 Å². The monoisotopic (exact) mass is 280 g/mol. The van der Waals surface area contributed by atoms with Gasteiger partial charge in [-0.3, -0.25) is 4.79 Å². The first-order chi connectivity index (χ1) is 9.84. The first-order valence-corrected chi connectivity index (χ1v) is 9.37. The Morgan fingerprint density at radius 3 is 1.80 bits per heavy atom. The summed E-state index contributed by atoms with van der Waals surface area (Å²) >= 11 is 0. The average Bonchev–Trinajstić information content (AvgIpc) is 2.50. The van der Waals surface area contributed by atoms with Crippen molar-refractivity contribution in [2.75, 3.05) is 0 Å². The van der Waals surface area contributed by atoms with Gasteiger partial charge in [-0.25, -0.2) is 0 Å². The van der Waals surface area contributed by atoms with Crippen LogP contribution in [0.5, 0.6) is 0 Å². The molecule has 0 N–H and O–H groups in total. The molecule has 1 saturated carbocycles. The number of hydrogen-bond donors (Lipinski definition) is 0. The van der Waals surface area contributed by atoms with Crippen molar-refractivity contribution in [2.45, 2.75) is 110 Å². The van der Waals surface area contributed by atoms with E-state index in [0.29, 0.717) is 11.7 Å². The minimum atomic E-state index is 0.433. The van der Waals surface area contributed by atoms with Crippen LogP contribution in [0.3, 0.4) is 0 Å². The Kier molecular flexibility index (Phi) is 11.0. The van der Waals surface area contributed by atoms with Crippen LogP contribution in [0.2, 0.25) is 0 Å². The minimum Gasteiger partial charge on any atom is -0.299 e. The average molecular weight is 280 g/mol. The standard InChI is InChI=1S/C19H36O/c1-2-3-4-5-6-7-8-9-10-14-17-19(20)18-15-12-11-13-16-18/h18H,2-17H2,1H3. The van der Waals surface area contributed by atoms with Gasteiger partial charge >= 0.3 is 0 Å². The summed E-state index contributed by atoms with van der Waals surface area (Å²) in [5, 5.41) is 0. The maximum Gasteiger partial charge on any atom is 0.135 e. The molecule has 1 aliphatic rings. The zero-order valence-corrected chi connectivity index (χ0v) is 13.8. The number of rotatable bonds is 12.